The van der Waals surface area contributed by atoms with E-state index in [2.05, 4.69) is 39.6 Å². The van der Waals surface area contributed by atoms with E-state index < -0.39 is 0 Å². The Kier molecular flexibility index (Phi) is 6.43. The first-order chi connectivity index (χ1) is 17.7. The molecular formula is C29H32N6O2. The van der Waals surface area contributed by atoms with E-state index in [1.54, 1.807) is 42.0 Å². The number of amides is 1. The van der Waals surface area contributed by atoms with Crippen molar-refractivity contribution in [3.05, 3.63) is 93.7 Å². The first-order valence-electron chi connectivity index (χ1n) is 12.4. The Labute approximate surface area is 216 Å². The molecule has 4 aromatic rings. The molecule has 1 aliphatic heterocycles. The molecule has 0 bridgehead atoms. The minimum Gasteiger partial charge on any atom is -0.399 e. The molecule has 1 amide bonds. The molecule has 0 saturated carbocycles. The number of hydrogen-bond donors (Lipinski definition) is 1. The highest BCUT2D eigenvalue weighted by Gasteiger charge is 2.19. The molecule has 0 aliphatic carbocycles. The smallest absolute Gasteiger partial charge is 0.257 e. The topological polar surface area (TPSA) is 89.4 Å². The predicted octanol–water partition coefficient (Wildman–Crippen LogP) is 3.61. The molecule has 37 heavy (non-hydrogen) atoms. The zero-order valence-corrected chi connectivity index (χ0v) is 21.7. The van der Waals surface area contributed by atoms with Gasteiger partial charge in [0.25, 0.3) is 11.5 Å². The number of hydrogen-bond acceptors (Lipinski definition) is 5. The summed E-state index contributed by atoms with van der Waals surface area (Å²) in [7, 11) is 5.56. The lowest BCUT2D eigenvalue weighted by molar-refractivity contribution is 0.0827. The molecule has 0 saturated heterocycles. The van der Waals surface area contributed by atoms with Crippen LogP contribution in [0.4, 0.5) is 5.69 Å². The molecule has 1 aromatic carbocycles. The summed E-state index contributed by atoms with van der Waals surface area (Å²) in [6, 6.07) is 13.1. The van der Waals surface area contributed by atoms with E-state index in [1.165, 1.54) is 17.2 Å². The Bertz CT molecular complexity index is 1590. The number of carbonyl (C=O) groups excluding carboxylic acids is 1. The lowest BCUT2D eigenvalue weighted by Crippen LogP contribution is -2.29. The zero-order valence-electron chi connectivity index (χ0n) is 21.7. The lowest BCUT2D eigenvalue weighted by atomic mass is 9.94. The number of aromatic nitrogens is 3. The summed E-state index contributed by atoms with van der Waals surface area (Å²) in [5, 5.41) is 0.933. The molecule has 8 heteroatoms. The van der Waals surface area contributed by atoms with Gasteiger partial charge in [-0.2, -0.15) is 0 Å². The largest absolute Gasteiger partial charge is 0.399 e. The number of aryl methyl sites for hydroxylation is 2. The van der Waals surface area contributed by atoms with Crippen LogP contribution in [0, 0.1) is 6.92 Å². The van der Waals surface area contributed by atoms with E-state index in [4.69, 9.17) is 5.73 Å². The van der Waals surface area contributed by atoms with Gasteiger partial charge in [-0.3, -0.25) is 19.1 Å². The molecule has 5 rings (SSSR count). The van der Waals surface area contributed by atoms with Crippen molar-refractivity contribution in [3.63, 3.8) is 0 Å². The Morgan fingerprint density at radius 2 is 1.95 bits per heavy atom. The zero-order chi connectivity index (χ0) is 26.3. The van der Waals surface area contributed by atoms with Gasteiger partial charge in [-0.25, -0.2) is 4.98 Å². The summed E-state index contributed by atoms with van der Waals surface area (Å²) < 4.78 is 3.71. The molecule has 3 aromatic heterocycles. The predicted molar refractivity (Wildman–Crippen MR) is 148 cm³/mol. The van der Waals surface area contributed by atoms with E-state index in [9.17, 15) is 9.59 Å². The summed E-state index contributed by atoms with van der Waals surface area (Å²) in [5.41, 5.74) is 13.2. The maximum atomic E-state index is 12.6. The van der Waals surface area contributed by atoms with E-state index in [-0.39, 0.29) is 11.5 Å². The minimum absolute atomic E-state index is 0.0207. The number of carbonyl (C=O) groups is 1. The first kappa shape index (κ1) is 24.5. The van der Waals surface area contributed by atoms with Gasteiger partial charge in [-0.1, -0.05) is 12.1 Å². The standard InChI is InChI=1S/C29H32N6O2/c1-19-15-21(29(37)32(2)3)5-6-24(19)20-8-12-34(13-9-20)18-23-17-25-26(7-11-31-28(25)33(23)4)35-14-10-22(30)16-27(35)36/h5-8,10-11,14-17H,9,12-13,18,30H2,1-4H3. The molecule has 1 aliphatic rings. The molecule has 0 unspecified atom stereocenters. The van der Waals surface area contributed by atoms with Gasteiger partial charge in [0.05, 0.1) is 5.69 Å². The summed E-state index contributed by atoms with van der Waals surface area (Å²) in [6.07, 6.45) is 6.68. The summed E-state index contributed by atoms with van der Waals surface area (Å²) in [4.78, 5) is 33.5. The highest BCUT2D eigenvalue weighted by atomic mass is 16.2. The van der Waals surface area contributed by atoms with Crippen LogP contribution in [0.1, 0.15) is 33.6 Å². The van der Waals surface area contributed by atoms with Gasteiger partial charge < -0.3 is 15.2 Å². The molecule has 0 fully saturated rings. The molecular weight excluding hydrogens is 464 g/mol. The summed E-state index contributed by atoms with van der Waals surface area (Å²) in [5.74, 6) is 0.0207. The Morgan fingerprint density at radius 3 is 2.62 bits per heavy atom. The van der Waals surface area contributed by atoms with Gasteiger partial charge in [-0.05, 0) is 60.4 Å². The molecule has 4 heterocycles. The average molecular weight is 497 g/mol. The fourth-order valence-electron chi connectivity index (χ4n) is 5.06. The second kappa shape index (κ2) is 9.71. The van der Waals surface area contributed by atoms with Crippen LogP contribution >= 0.6 is 0 Å². The first-order valence-corrected chi connectivity index (χ1v) is 12.4. The lowest BCUT2D eigenvalue weighted by Gasteiger charge is -2.27. The second-order valence-corrected chi connectivity index (χ2v) is 9.87. The van der Waals surface area contributed by atoms with E-state index >= 15 is 0 Å². The Balaban J connectivity index is 1.37. The number of nitrogens with two attached hydrogens (primary N) is 1. The van der Waals surface area contributed by atoms with Crippen molar-refractivity contribution in [2.75, 3.05) is 32.9 Å². The highest BCUT2D eigenvalue weighted by molar-refractivity contribution is 5.94. The third-order valence-electron chi connectivity index (χ3n) is 7.11. The minimum atomic E-state index is -0.166. The second-order valence-electron chi connectivity index (χ2n) is 9.87. The van der Waals surface area contributed by atoms with Crippen LogP contribution in [0.15, 0.2) is 65.7 Å². The van der Waals surface area contributed by atoms with Crippen LogP contribution in [0.2, 0.25) is 0 Å². The van der Waals surface area contributed by atoms with Crippen LogP contribution in [-0.2, 0) is 13.6 Å². The van der Waals surface area contributed by atoms with Crippen molar-refractivity contribution < 1.29 is 4.79 Å². The van der Waals surface area contributed by atoms with Crippen molar-refractivity contribution in [2.24, 2.45) is 7.05 Å². The van der Waals surface area contributed by atoms with E-state index in [1.807, 2.05) is 25.2 Å². The van der Waals surface area contributed by atoms with Gasteiger partial charge in [0.2, 0.25) is 0 Å². The molecule has 0 atom stereocenters. The van der Waals surface area contributed by atoms with Gasteiger partial charge in [-0.15, -0.1) is 0 Å². The van der Waals surface area contributed by atoms with Gasteiger partial charge >= 0.3 is 0 Å². The number of fused-ring (bicyclic) bond motifs is 1. The molecule has 190 valence electrons. The van der Waals surface area contributed by atoms with E-state index in [0.29, 0.717) is 11.3 Å². The summed E-state index contributed by atoms with van der Waals surface area (Å²) >= 11 is 0. The van der Waals surface area contributed by atoms with Crippen molar-refractivity contribution in [3.8, 4) is 5.69 Å². The van der Waals surface area contributed by atoms with Crippen LogP contribution in [-0.4, -0.2) is 57.0 Å². The van der Waals surface area contributed by atoms with Gasteiger partial charge in [0.15, 0.2) is 0 Å². The van der Waals surface area contributed by atoms with Gasteiger partial charge in [0.1, 0.15) is 5.65 Å². The summed E-state index contributed by atoms with van der Waals surface area (Å²) in [6.45, 7) is 4.62. The number of rotatable bonds is 5. The number of nitrogens with zero attached hydrogens (tertiary/aromatic N) is 5. The quantitative estimate of drug-likeness (QED) is 0.456. The fraction of sp³-hybridized carbons (Fsp3) is 0.276. The monoisotopic (exact) mass is 496 g/mol. The molecule has 0 radical (unpaired) electrons. The third-order valence-corrected chi connectivity index (χ3v) is 7.11. The van der Waals surface area contributed by atoms with Crippen molar-refractivity contribution in [1.29, 1.82) is 0 Å². The molecule has 0 spiro atoms. The Morgan fingerprint density at radius 1 is 1.14 bits per heavy atom. The maximum absolute atomic E-state index is 12.6. The molecule has 2 N–H and O–H groups in total. The van der Waals surface area contributed by atoms with Crippen molar-refractivity contribution in [1.82, 2.24) is 23.9 Å². The number of nitrogen functional groups attached to an aromatic ring is 1. The maximum Gasteiger partial charge on any atom is 0.257 e. The molecule has 8 nitrogen and oxygen atoms in total. The number of pyridine rings is 2. The average Bonchev–Trinajstić information content (AvgIpc) is 3.19. The Hall–Kier alpha value is -4.17. The number of anilines is 1. The van der Waals surface area contributed by atoms with E-state index in [0.717, 1.165) is 54.0 Å². The highest BCUT2D eigenvalue weighted by Crippen LogP contribution is 2.28. The van der Waals surface area contributed by atoms with Gasteiger partial charge in [0, 0.05) is 81.6 Å². The normalized spacial score (nSPS) is 14.1. The van der Waals surface area contributed by atoms with Crippen molar-refractivity contribution in [2.45, 2.75) is 19.9 Å². The van der Waals surface area contributed by atoms with Crippen molar-refractivity contribution >= 4 is 28.2 Å². The van der Waals surface area contributed by atoms with Crippen LogP contribution < -0.4 is 11.3 Å². The van der Waals surface area contributed by atoms with Crippen LogP contribution in [0.3, 0.4) is 0 Å². The SMILES string of the molecule is Cc1cc(C(=O)N(C)C)ccc1C1=CCN(Cc2cc3c(-n4ccc(N)cc4=O)ccnc3n2C)CC1. The third kappa shape index (κ3) is 4.68. The number of benzene rings is 1. The van der Waals surface area contributed by atoms with Crippen LogP contribution in [0.25, 0.3) is 22.3 Å². The fourth-order valence-corrected chi connectivity index (χ4v) is 5.06. The van der Waals surface area contributed by atoms with Crippen LogP contribution in [0.5, 0.6) is 0 Å².